The number of benzene rings is 2. The van der Waals surface area contributed by atoms with Crippen molar-refractivity contribution in [3.05, 3.63) is 60.2 Å². The van der Waals surface area contributed by atoms with Crippen molar-refractivity contribution in [3.63, 3.8) is 0 Å². The van der Waals surface area contributed by atoms with E-state index in [4.69, 9.17) is 14.3 Å². The molecule has 3 nitrogen and oxygen atoms in total. The van der Waals surface area contributed by atoms with E-state index in [2.05, 4.69) is 0 Å². The van der Waals surface area contributed by atoms with Crippen LogP contribution in [0.2, 0.25) is 0 Å². The summed E-state index contributed by atoms with van der Waals surface area (Å²) in [4.78, 5) is 8.00. The topological polar surface area (TPSA) is 35.5 Å². The summed E-state index contributed by atoms with van der Waals surface area (Å²) < 4.78 is 33.8. The minimum Gasteiger partial charge on any atom is -0.497 e. The van der Waals surface area contributed by atoms with Crippen LogP contribution in [0.5, 0.6) is 11.5 Å². The van der Waals surface area contributed by atoms with Crippen LogP contribution in [0.4, 0.5) is 8.78 Å². The first kappa shape index (κ1) is 21.2. The molecular weight excluding hydrogens is 302 g/mol. The van der Waals surface area contributed by atoms with Gasteiger partial charge < -0.3 is 14.3 Å². The zero-order valence-corrected chi connectivity index (χ0v) is 12.5. The van der Waals surface area contributed by atoms with Gasteiger partial charge in [0, 0.05) is 12.1 Å². The van der Waals surface area contributed by atoms with Gasteiger partial charge in [0.1, 0.15) is 29.9 Å². The van der Waals surface area contributed by atoms with Crippen LogP contribution in [0.3, 0.4) is 0 Å². The molecule has 2 aromatic rings. The lowest BCUT2D eigenvalue weighted by Crippen LogP contribution is -1.84. The summed E-state index contributed by atoms with van der Waals surface area (Å²) in [5, 5.41) is 0. The maximum Gasteiger partial charge on any atom is 0.126 e. The molecular formula is C15H17ClF2O3. The van der Waals surface area contributed by atoms with Crippen molar-refractivity contribution < 1.29 is 23.0 Å². The monoisotopic (exact) mass is 318 g/mol. The lowest BCUT2D eigenvalue weighted by atomic mass is 10.3. The molecule has 2 rings (SSSR count). The van der Waals surface area contributed by atoms with Crippen LogP contribution in [0.15, 0.2) is 48.5 Å². The average Bonchev–Trinajstić information content (AvgIpc) is 2.49. The van der Waals surface area contributed by atoms with Crippen molar-refractivity contribution in [2.24, 2.45) is 0 Å². The van der Waals surface area contributed by atoms with Crippen molar-refractivity contribution in [1.29, 1.82) is 0 Å². The van der Waals surface area contributed by atoms with Crippen LogP contribution in [0, 0.1) is 11.6 Å². The number of methoxy groups -OCH3 is 2. The van der Waals surface area contributed by atoms with E-state index in [0.29, 0.717) is 0 Å². The molecule has 6 heteroatoms. The summed E-state index contributed by atoms with van der Waals surface area (Å²) in [7, 11) is 3.27. The number of rotatable bonds is 2. The Balaban J connectivity index is 0. The summed E-state index contributed by atoms with van der Waals surface area (Å²) in [5.41, 5.74) is 0. The fourth-order valence-electron chi connectivity index (χ4n) is 1.19. The van der Waals surface area contributed by atoms with Gasteiger partial charge in [0.05, 0.1) is 14.2 Å². The molecule has 0 heterocycles. The largest absolute Gasteiger partial charge is 0.497 e. The molecule has 0 N–H and O–H groups in total. The van der Waals surface area contributed by atoms with Gasteiger partial charge in [-0.05, 0) is 24.3 Å². The van der Waals surface area contributed by atoms with E-state index >= 15 is 0 Å². The molecule has 2 aromatic carbocycles. The summed E-state index contributed by atoms with van der Waals surface area (Å²) in [6.45, 7) is 2.00. The standard InChI is InChI=1S/C8H10O2.C6H4F2.CH2O.ClH/c1-9-7-4-3-5-8(6-7)10-2;7-5-2-1-3-6(8)4-5;1-2;/h3-6H,1-2H3;1-4H;1H2;1H. The Morgan fingerprint density at radius 1 is 0.810 bits per heavy atom. The predicted octanol–water partition coefficient (Wildman–Crippen LogP) is 3.91. The summed E-state index contributed by atoms with van der Waals surface area (Å²) in [6.07, 6.45) is 0. The van der Waals surface area contributed by atoms with Crippen molar-refractivity contribution in [1.82, 2.24) is 0 Å². The SMILES string of the molecule is C=O.COc1cccc(OC)c1.Cl.Fc1cccc(F)c1. The minimum atomic E-state index is -0.537. The Morgan fingerprint density at radius 2 is 1.19 bits per heavy atom. The van der Waals surface area contributed by atoms with Gasteiger partial charge in [0.25, 0.3) is 0 Å². The average molecular weight is 319 g/mol. The smallest absolute Gasteiger partial charge is 0.126 e. The Labute approximate surface area is 128 Å². The van der Waals surface area contributed by atoms with Gasteiger partial charge in [-0.25, -0.2) is 8.78 Å². The molecule has 0 fully saturated rings. The van der Waals surface area contributed by atoms with Crippen molar-refractivity contribution >= 4 is 19.2 Å². The number of hydrogen-bond acceptors (Lipinski definition) is 3. The lowest BCUT2D eigenvalue weighted by Gasteiger charge is -2.01. The molecule has 0 spiro atoms. The van der Waals surface area contributed by atoms with Gasteiger partial charge in [-0.1, -0.05) is 12.1 Å². The van der Waals surface area contributed by atoms with Crippen molar-refractivity contribution in [2.75, 3.05) is 14.2 Å². The molecule has 0 saturated carbocycles. The highest BCUT2D eigenvalue weighted by molar-refractivity contribution is 5.85. The van der Waals surface area contributed by atoms with Crippen molar-refractivity contribution in [3.8, 4) is 11.5 Å². The number of carbonyl (C=O) groups is 1. The quantitative estimate of drug-likeness (QED) is 0.842. The number of hydrogen-bond donors (Lipinski definition) is 0. The van der Waals surface area contributed by atoms with Crippen LogP contribution < -0.4 is 9.47 Å². The Kier molecular flexibility index (Phi) is 13.0. The normalized spacial score (nSPS) is 8.00. The fraction of sp³-hybridized carbons (Fsp3) is 0.133. The zero-order chi connectivity index (χ0) is 15.4. The number of halogens is 3. The van der Waals surface area contributed by atoms with E-state index in [0.717, 1.165) is 17.6 Å². The second-order valence-electron chi connectivity index (χ2n) is 3.32. The van der Waals surface area contributed by atoms with Gasteiger partial charge in [0.2, 0.25) is 0 Å². The first-order valence-corrected chi connectivity index (χ1v) is 5.53. The number of ether oxygens (including phenoxy) is 2. The third-order valence-electron chi connectivity index (χ3n) is 2.06. The maximum absolute atomic E-state index is 11.9. The second kappa shape index (κ2) is 12.9. The van der Waals surface area contributed by atoms with E-state index in [1.54, 1.807) is 14.2 Å². The van der Waals surface area contributed by atoms with Crippen LogP contribution in [0.25, 0.3) is 0 Å². The molecule has 0 aromatic heterocycles. The van der Waals surface area contributed by atoms with Crippen LogP contribution >= 0.6 is 12.4 Å². The molecule has 0 amide bonds. The first-order valence-electron chi connectivity index (χ1n) is 5.53. The predicted molar refractivity (Wildman–Crippen MR) is 80.3 cm³/mol. The maximum atomic E-state index is 11.9. The zero-order valence-electron chi connectivity index (χ0n) is 11.7. The van der Waals surface area contributed by atoms with Crippen LogP contribution in [0.1, 0.15) is 0 Å². The van der Waals surface area contributed by atoms with Gasteiger partial charge in [-0.15, -0.1) is 12.4 Å². The Morgan fingerprint density at radius 3 is 1.48 bits per heavy atom. The minimum absolute atomic E-state index is 0. The molecule has 0 unspecified atom stereocenters. The van der Waals surface area contributed by atoms with E-state index < -0.39 is 11.6 Å². The third-order valence-corrected chi connectivity index (χ3v) is 2.06. The molecule has 21 heavy (non-hydrogen) atoms. The molecule has 0 saturated heterocycles. The van der Waals surface area contributed by atoms with Gasteiger partial charge in [0.15, 0.2) is 0 Å². The fourth-order valence-corrected chi connectivity index (χ4v) is 1.19. The molecule has 0 atom stereocenters. The highest BCUT2D eigenvalue weighted by atomic mass is 35.5. The van der Waals surface area contributed by atoms with Gasteiger partial charge in [-0.3, -0.25) is 0 Å². The lowest BCUT2D eigenvalue weighted by molar-refractivity contribution is -0.0979. The molecule has 0 aliphatic rings. The molecule has 0 radical (unpaired) electrons. The first-order chi connectivity index (χ1) is 9.65. The van der Waals surface area contributed by atoms with E-state index in [1.165, 1.54) is 18.2 Å². The second-order valence-corrected chi connectivity index (χ2v) is 3.32. The summed E-state index contributed by atoms with van der Waals surface area (Å²) >= 11 is 0. The summed E-state index contributed by atoms with van der Waals surface area (Å²) in [5.74, 6) is 0.564. The van der Waals surface area contributed by atoms with E-state index in [-0.39, 0.29) is 12.4 Å². The molecule has 0 aliphatic heterocycles. The van der Waals surface area contributed by atoms with Crippen molar-refractivity contribution in [2.45, 2.75) is 0 Å². The van der Waals surface area contributed by atoms with E-state index in [1.807, 2.05) is 31.1 Å². The molecule has 116 valence electrons. The highest BCUT2D eigenvalue weighted by Gasteiger charge is 1.91. The van der Waals surface area contributed by atoms with Gasteiger partial charge in [-0.2, -0.15) is 0 Å². The van der Waals surface area contributed by atoms with E-state index in [9.17, 15) is 8.78 Å². The Bertz CT molecular complexity index is 473. The van der Waals surface area contributed by atoms with Crippen LogP contribution in [-0.4, -0.2) is 21.0 Å². The Hall–Kier alpha value is -2.14. The highest BCUT2D eigenvalue weighted by Crippen LogP contribution is 2.17. The summed E-state index contributed by atoms with van der Waals surface area (Å²) in [6, 6.07) is 12.0. The number of carbonyl (C=O) groups excluding carboxylic acids is 1. The molecule has 0 aliphatic carbocycles. The van der Waals surface area contributed by atoms with Crippen LogP contribution in [-0.2, 0) is 4.79 Å². The third kappa shape index (κ3) is 9.40. The van der Waals surface area contributed by atoms with Gasteiger partial charge >= 0.3 is 0 Å². The molecule has 0 bridgehead atoms.